The van der Waals surface area contributed by atoms with Gasteiger partial charge in [0, 0.05) is 19.1 Å². The summed E-state index contributed by atoms with van der Waals surface area (Å²) >= 11 is 6.10. The second kappa shape index (κ2) is 9.44. The highest BCUT2D eigenvalue weighted by Gasteiger charge is 2.27. The van der Waals surface area contributed by atoms with Gasteiger partial charge in [-0.15, -0.1) is 0 Å². The van der Waals surface area contributed by atoms with Crippen molar-refractivity contribution in [2.75, 3.05) is 32.8 Å². The van der Waals surface area contributed by atoms with E-state index < -0.39 is 0 Å². The number of halogens is 1. The Morgan fingerprint density at radius 2 is 1.84 bits per heavy atom. The van der Waals surface area contributed by atoms with E-state index in [9.17, 15) is 4.79 Å². The Morgan fingerprint density at radius 1 is 1.08 bits per heavy atom. The number of para-hydroxylation sites is 1. The largest absolute Gasteiger partial charge is 0.482 e. The molecule has 0 saturated carbocycles. The van der Waals surface area contributed by atoms with Gasteiger partial charge in [-0.1, -0.05) is 30.2 Å². The van der Waals surface area contributed by atoms with Crippen LogP contribution in [-0.2, 0) is 4.79 Å². The molecule has 1 aromatic carbocycles. The van der Waals surface area contributed by atoms with Crippen LogP contribution in [0.25, 0.3) is 0 Å². The number of likely N-dealkylation sites (tertiary alicyclic amines) is 2. The first-order valence-corrected chi connectivity index (χ1v) is 10.0. The lowest BCUT2D eigenvalue weighted by molar-refractivity contribution is -0.137. The van der Waals surface area contributed by atoms with Gasteiger partial charge in [0.25, 0.3) is 5.91 Å². The number of hydrogen-bond donors (Lipinski definition) is 0. The van der Waals surface area contributed by atoms with E-state index in [-0.39, 0.29) is 12.5 Å². The summed E-state index contributed by atoms with van der Waals surface area (Å²) in [6, 6.07) is 7.67. The normalized spacial score (nSPS) is 22.0. The maximum Gasteiger partial charge on any atom is 0.260 e. The molecule has 0 unspecified atom stereocenters. The van der Waals surface area contributed by atoms with E-state index in [1.807, 2.05) is 17.0 Å². The molecular formula is C20H29ClN2O2. The second-order valence-electron chi connectivity index (χ2n) is 7.15. The minimum absolute atomic E-state index is 0.0734. The van der Waals surface area contributed by atoms with Crippen LogP contribution in [0.2, 0.25) is 5.02 Å². The van der Waals surface area contributed by atoms with E-state index in [1.54, 1.807) is 12.1 Å². The molecule has 0 aromatic heterocycles. The summed E-state index contributed by atoms with van der Waals surface area (Å²) in [5, 5.41) is 0.551. The van der Waals surface area contributed by atoms with Crippen molar-refractivity contribution in [2.24, 2.45) is 0 Å². The fourth-order valence-corrected chi connectivity index (χ4v) is 4.12. The first kappa shape index (κ1) is 18.5. The molecule has 0 bridgehead atoms. The molecule has 5 heteroatoms. The minimum Gasteiger partial charge on any atom is -0.482 e. The van der Waals surface area contributed by atoms with Crippen LogP contribution in [0.15, 0.2) is 24.3 Å². The Kier molecular flexibility index (Phi) is 7.00. The maximum atomic E-state index is 12.7. The summed E-state index contributed by atoms with van der Waals surface area (Å²) in [6.07, 6.45) is 8.52. The molecule has 1 aromatic rings. The third-order valence-corrected chi connectivity index (χ3v) is 5.67. The number of piperidine rings is 2. The van der Waals surface area contributed by atoms with Crippen molar-refractivity contribution in [1.82, 2.24) is 9.80 Å². The first-order valence-electron chi connectivity index (χ1n) is 9.63. The van der Waals surface area contributed by atoms with Gasteiger partial charge in [0.15, 0.2) is 6.61 Å². The zero-order valence-corrected chi connectivity index (χ0v) is 15.7. The minimum atomic E-state index is 0.0734. The van der Waals surface area contributed by atoms with Crippen LogP contribution in [0.1, 0.15) is 44.9 Å². The molecule has 2 fully saturated rings. The zero-order chi connectivity index (χ0) is 17.5. The van der Waals surface area contributed by atoms with Gasteiger partial charge in [-0.2, -0.15) is 0 Å². The Bertz CT molecular complexity index is 560. The number of carbonyl (C=O) groups is 1. The van der Waals surface area contributed by atoms with Crippen LogP contribution >= 0.6 is 11.6 Å². The monoisotopic (exact) mass is 364 g/mol. The molecule has 4 nitrogen and oxygen atoms in total. The van der Waals surface area contributed by atoms with Crippen molar-refractivity contribution in [3.05, 3.63) is 29.3 Å². The topological polar surface area (TPSA) is 32.8 Å². The molecule has 3 rings (SSSR count). The molecule has 0 aliphatic carbocycles. The number of benzene rings is 1. The van der Waals surface area contributed by atoms with Crippen molar-refractivity contribution >= 4 is 17.5 Å². The molecule has 2 heterocycles. The lowest BCUT2D eigenvalue weighted by Gasteiger charge is -2.37. The predicted octanol–water partition coefficient (Wildman–Crippen LogP) is 3.98. The molecule has 138 valence electrons. The van der Waals surface area contributed by atoms with Gasteiger partial charge in [-0.05, 0) is 63.7 Å². The molecule has 2 aliphatic heterocycles. The van der Waals surface area contributed by atoms with E-state index in [4.69, 9.17) is 16.3 Å². The summed E-state index contributed by atoms with van der Waals surface area (Å²) in [4.78, 5) is 17.3. The number of rotatable bonds is 6. The fraction of sp³-hybridized carbons (Fsp3) is 0.650. The number of amides is 1. The Hall–Kier alpha value is -1.26. The Labute approximate surface area is 156 Å². The molecule has 0 N–H and O–H groups in total. The molecule has 1 amide bonds. The van der Waals surface area contributed by atoms with Crippen LogP contribution < -0.4 is 4.74 Å². The molecule has 25 heavy (non-hydrogen) atoms. The molecule has 2 saturated heterocycles. The highest BCUT2D eigenvalue weighted by molar-refractivity contribution is 6.32. The van der Waals surface area contributed by atoms with Crippen molar-refractivity contribution in [3.63, 3.8) is 0 Å². The van der Waals surface area contributed by atoms with E-state index in [0.717, 1.165) is 32.4 Å². The quantitative estimate of drug-likeness (QED) is 0.765. The summed E-state index contributed by atoms with van der Waals surface area (Å²) < 4.78 is 5.66. The smallest absolute Gasteiger partial charge is 0.260 e. The van der Waals surface area contributed by atoms with Gasteiger partial charge in [-0.25, -0.2) is 0 Å². The summed E-state index contributed by atoms with van der Waals surface area (Å²) in [5.74, 6) is 0.669. The highest BCUT2D eigenvalue weighted by Crippen LogP contribution is 2.24. The number of nitrogens with zero attached hydrogens (tertiary/aromatic N) is 2. The van der Waals surface area contributed by atoms with Gasteiger partial charge in [0.05, 0.1) is 5.02 Å². The molecular weight excluding hydrogens is 336 g/mol. The summed E-state index contributed by atoms with van der Waals surface area (Å²) in [7, 11) is 0. The van der Waals surface area contributed by atoms with Crippen LogP contribution in [-0.4, -0.2) is 54.5 Å². The first-order chi connectivity index (χ1) is 12.2. The van der Waals surface area contributed by atoms with Gasteiger partial charge >= 0.3 is 0 Å². The van der Waals surface area contributed by atoms with Crippen molar-refractivity contribution in [1.29, 1.82) is 0 Å². The van der Waals surface area contributed by atoms with Gasteiger partial charge in [0.1, 0.15) is 5.75 Å². The fourth-order valence-electron chi connectivity index (χ4n) is 3.93. The number of hydrogen-bond acceptors (Lipinski definition) is 3. The highest BCUT2D eigenvalue weighted by atomic mass is 35.5. The lowest BCUT2D eigenvalue weighted by atomic mass is 9.98. The SMILES string of the molecule is O=C(COc1ccccc1Cl)N1CCCC[C@@H]1CCN1CCCCC1. The predicted molar refractivity (Wildman–Crippen MR) is 101 cm³/mol. The van der Waals surface area contributed by atoms with Gasteiger partial charge in [0.2, 0.25) is 0 Å². The Morgan fingerprint density at radius 3 is 2.64 bits per heavy atom. The number of carbonyl (C=O) groups excluding carboxylic acids is 1. The van der Waals surface area contributed by atoms with Gasteiger partial charge < -0.3 is 14.5 Å². The molecule has 0 radical (unpaired) electrons. The zero-order valence-electron chi connectivity index (χ0n) is 15.0. The average Bonchev–Trinajstić information content (AvgIpc) is 2.66. The van der Waals surface area contributed by atoms with Crippen LogP contribution in [0, 0.1) is 0 Å². The Balaban J connectivity index is 1.50. The van der Waals surface area contributed by atoms with Crippen molar-refractivity contribution in [3.8, 4) is 5.75 Å². The summed E-state index contributed by atoms with van der Waals surface area (Å²) in [6.45, 7) is 4.48. The van der Waals surface area contributed by atoms with E-state index in [1.165, 1.54) is 38.8 Å². The second-order valence-corrected chi connectivity index (χ2v) is 7.55. The maximum absolute atomic E-state index is 12.7. The van der Waals surface area contributed by atoms with E-state index in [0.29, 0.717) is 16.8 Å². The number of ether oxygens (including phenoxy) is 1. The average molecular weight is 365 g/mol. The van der Waals surface area contributed by atoms with Crippen molar-refractivity contribution in [2.45, 2.75) is 51.0 Å². The van der Waals surface area contributed by atoms with Crippen LogP contribution in [0.3, 0.4) is 0 Å². The molecule has 2 aliphatic rings. The van der Waals surface area contributed by atoms with E-state index >= 15 is 0 Å². The lowest BCUT2D eigenvalue weighted by Crippen LogP contribution is -2.47. The third kappa shape index (κ3) is 5.35. The van der Waals surface area contributed by atoms with Gasteiger partial charge in [-0.3, -0.25) is 4.79 Å². The van der Waals surface area contributed by atoms with E-state index in [2.05, 4.69) is 4.90 Å². The molecule has 0 spiro atoms. The van der Waals surface area contributed by atoms with Crippen molar-refractivity contribution < 1.29 is 9.53 Å². The van der Waals surface area contributed by atoms with Crippen LogP contribution in [0.4, 0.5) is 0 Å². The standard InChI is InChI=1S/C20H29ClN2O2/c21-18-9-2-3-10-19(18)25-16-20(24)23-14-7-4-8-17(23)11-15-22-12-5-1-6-13-22/h2-3,9-10,17H,1,4-8,11-16H2/t17-/m1/s1. The molecule has 1 atom stereocenters. The van der Waals surface area contributed by atoms with Crippen LogP contribution in [0.5, 0.6) is 5.75 Å². The third-order valence-electron chi connectivity index (χ3n) is 5.36. The summed E-state index contributed by atoms with van der Waals surface area (Å²) in [5.41, 5.74) is 0.